The molecule has 1 aliphatic rings. The Kier molecular flexibility index (Phi) is 5.12. The molecule has 0 bridgehead atoms. The summed E-state index contributed by atoms with van der Waals surface area (Å²) < 4.78 is 18.8. The summed E-state index contributed by atoms with van der Waals surface area (Å²) in [6.07, 6.45) is 0.513. The van der Waals surface area contributed by atoms with E-state index in [1.807, 2.05) is 13.0 Å². The van der Waals surface area contributed by atoms with E-state index < -0.39 is 5.82 Å². The zero-order chi connectivity index (χ0) is 15.2. The van der Waals surface area contributed by atoms with Crippen LogP contribution < -0.4 is 10.6 Å². The number of nitriles is 1. The number of nitrogens with one attached hydrogen (secondary N) is 2. The van der Waals surface area contributed by atoms with Crippen molar-refractivity contribution in [3.8, 4) is 6.07 Å². The third-order valence-corrected chi connectivity index (χ3v) is 3.51. The van der Waals surface area contributed by atoms with Gasteiger partial charge in [-0.15, -0.1) is 0 Å². The van der Waals surface area contributed by atoms with Crippen LogP contribution in [0.3, 0.4) is 0 Å². The van der Waals surface area contributed by atoms with Crippen molar-refractivity contribution in [1.82, 2.24) is 5.32 Å². The normalized spacial score (nSPS) is 20.8. The number of nitrogens with zero attached hydrogens (tertiary/aromatic N) is 1. The van der Waals surface area contributed by atoms with Gasteiger partial charge in [0.1, 0.15) is 23.6 Å². The van der Waals surface area contributed by atoms with Gasteiger partial charge in [-0.05, 0) is 24.5 Å². The summed E-state index contributed by atoms with van der Waals surface area (Å²) in [5, 5.41) is 14.6. The highest BCUT2D eigenvalue weighted by molar-refractivity contribution is 5.81. The molecule has 1 saturated heterocycles. The first-order valence-corrected chi connectivity index (χ1v) is 6.95. The standard InChI is InChI=1S/C15H18FN3O2/c1-10-5-8-21-14(10)15(20)19-7-6-18-13-4-2-3-12(16)11(13)9-17/h2-4,10,14,18H,5-8H2,1H3,(H,19,20)/t10-,14-/m0/s1. The van der Waals surface area contributed by atoms with Crippen molar-refractivity contribution in [1.29, 1.82) is 5.26 Å². The predicted molar refractivity (Wildman–Crippen MR) is 76.1 cm³/mol. The van der Waals surface area contributed by atoms with Gasteiger partial charge in [0.2, 0.25) is 5.91 Å². The summed E-state index contributed by atoms with van der Waals surface area (Å²) in [6.45, 7) is 3.39. The number of amides is 1. The third kappa shape index (κ3) is 3.70. The van der Waals surface area contributed by atoms with Crippen molar-refractivity contribution < 1.29 is 13.9 Å². The maximum absolute atomic E-state index is 13.4. The van der Waals surface area contributed by atoms with Gasteiger partial charge < -0.3 is 15.4 Å². The molecule has 1 amide bonds. The molecule has 0 spiro atoms. The first-order chi connectivity index (χ1) is 10.1. The number of hydrogen-bond donors (Lipinski definition) is 2. The fraction of sp³-hybridized carbons (Fsp3) is 0.467. The number of hydrogen-bond acceptors (Lipinski definition) is 4. The van der Waals surface area contributed by atoms with Gasteiger partial charge >= 0.3 is 0 Å². The molecule has 0 saturated carbocycles. The van der Waals surface area contributed by atoms with Crippen LogP contribution in [0.25, 0.3) is 0 Å². The van der Waals surface area contributed by atoms with Crippen LogP contribution in [0.5, 0.6) is 0 Å². The van der Waals surface area contributed by atoms with Crippen molar-refractivity contribution in [3.05, 3.63) is 29.6 Å². The number of halogens is 1. The molecule has 112 valence electrons. The molecule has 0 radical (unpaired) electrons. The second-order valence-corrected chi connectivity index (χ2v) is 5.05. The van der Waals surface area contributed by atoms with E-state index in [0.29, 0.717) is 25.4 Å². The van der Waals surface area contributed by atoms with E-state index >= 15 is 0 Å². The van der Waals surface area contributed by atoms with Crippen LogP contribution in [0.15, 0.2) is 18.2 Å². The maximum atomic E-state index is 13.4. The van der Waals surface area contributed by atoms with Crippen LogP contribution in [-0.4, -0.2) is 31.7 Å². The Morgan fingerprint density at radius 2 is 2.33 bits per heavy atom. The molecule has 0 aliphatic carbocycles. The molecular weight excluding hydrogens is 273 g/mol. The number of carbonyl (C=O) groups is 1. The second kappa shape index (κ2) is 7.04. The Hall–Kier alpha value is -2.13. The smallest absolute Gasteiger partial charge is 0.249 e. The molecular formula is C15H18FN3O2. The van der Waals surface area contributed by atoms with Crippen molar-refractivity contribution in [2.45, 2.75) is 19.4 Å². The second-order valence-electron chi connectivity index (χ2n) is 5.05. The average Bonchev–Trinajstić information content (AvgIpc) is 2.90. The highest BCUT2D eigenvalue weighted by atomic mass is 19.1. The SMILES string of the molecule is C[C@H]1CCO[C@@H]1C(=O)NCCNc1cccc(F)c1C#N. The summed E-state index contributed by atoms with van der Waals surface area (Å²) in [7, 11) is 0. The van der Waals surface area contributed by atoms with Crippen LogP contribution in [0, 0.1) is 23.1 Å². The summed E-state index contributed by atoms with van der Waals surface area (Å²) >= 11 is 0. The van der Waals surface area contributed by atoms with Crippen LogP contribution in [0.1, 0.15) is 18.9 Å². The molecule has 0 aromatic heterocycles. The van der Waals surface area contributed by atoms with E-state index in [1.165, 1.54) is 12.1 Å². The minimum absolute atomic E-state index is 0.0171. The van der Waals surface area contributed by atoms with Gasteiger partial charge in [0.25, 0.3) is 0 Å². The van der Waals surface area contributed by atoms with Crippen LogP contribution in [0.2, 0.25) is 0 Å². The topological polar surface area (TPSA) is 74.2 Å². The Morgan fingerprint density at radius 1 is 1.52 bits per heavy atom. The molecule has 6 heteroatoms. The van der Waals surface area contributed by atoms with Crippen LogP contribution in [0.4, 0.5) is 10.1 Å². The van der Waals surface area contributed by atoms with Gasteiger partial charge in [-0.3, -0.25) is 4.79 Å². The van der Waals surface area contributed by atoms with E-state index in [0.717, 1.165) is 6.42 Å². The number of benzene rings is 1. The van der Waals surface area contributed by atoms with Crippen LogP contribution >= 0.6 is 0 Å². The van der Waals surface area contributed by atoms with E-state index in [4.69, 9.17) is 10.00 Å². The predicted octanol–water partition coefficient (Wildman–Crippen LogP) is 1.65. The van der Waals surface area contributed by atoms with Gasteiger partial charge in [-0.2, -0.15) is 5.26 Å². The number of rotatable bonds is 5. The summed E-state index contributed by atoms with van der Waals surface area (Å²) in [5.74, 6) is -0.451. The van der Waals surface area contributed by atoms with E-state index in [-0.39, 0.29) is 23.5 Å². The largest absolute Gasteiger partial charge is 0.382 e. The van der Waals surface area contributed by atoms with Gasteiger partial charge in [0, 0.05) is 19.7 Å². The lowest BCUT2D eigenvalue weighted by molar-refractivity contribution is -0.131. The lowest BCUT2D eigenvalue weighted by atomic mass is 10.0. The van der Waals surface area contributed by atoms with Crippen molar-refractivity contribution in [3.63, 3.8) is 0 Å². The Balaban J connectivity index is 1.79. The van der Waals surface area contributed by atoms with Gasteiger partial charge in [-0.1, -0.05) is 13.0 Å². The maximum Gasteiger partial charge on any atom is 0.249 e. The first kappa shape index (κ1) is 15.3. The van der Waals surface area contributed by atoms with Crippen molar-refractivity contribution >= 4 is 11.6 Å². The van der Waals surface area contributed by atoms with Gasteiger partial charge in [0.05, 0.1) is 5.69 Å². The van der Waals surface area contributed by atoms with E-state index in [1.54, 1.807) is 6.07 Å². The summed E-state index contributed by atoms with van der Waals surface area (Å²) in [4.78, 5) is 11.9. The van der Waals surface area contributed by atoms with E-state index in [2.05, 4.69) is 10.6 Å². The molecule has 2 rings (SSSR count). The third-order valence-electron chi connectivity index (χ3n) is 3.51. The monoisotopic (exact) mass is 291 g/mol. The molecule has 1 aliphatic heterocycles. The first-order valence-electron chi connectivity index (χ1n) is 6.95. The number of anilines is 1. The van der Waals surface area contributed by atoms with Crippen LogP contribution in [-0.2, 0) is 9.53 Å². The molecule has 5 nitrogen and oxygen atoms in total. The lowest BCUT2D eigenvalue weighted by Gasteiger charge is -2.15. The number of carbonyl (C=O) groups excluding carboxylic acids is 1. The molecule has 21 heavy (non-hydrogen) atoms. The van der Waals surface area contributed by atoms with Crippen molar-refractivity contribution in [2.75, 3.05) is 25.0 Å². The fourth-order valence-corrected chi connectivity index (χ4v) is 2.30. The molecule has 2 N–H and O–H groups in total. The Morgan fingerprint density at radius 3 is 3.00 bits per heavy atom. The number of ether oxygens (including phenoxy) is 1. The Labute approximate surface area is 123 Å². The quantitative estimate of drug-likeness (QED) is 0.809. The van der Waals surface area contributed by atoms with Gasteiger partial charge in [0.15, 0.2) is 0 Å². The Bertz CT molecular complexity index is 556. The minimum atomic E-state index is -0.556. The molecule has 1 heterocycles. The zero-order valence-corrected chi connectivity index (χ0v) is 11.9. The lowest BCUT2D eigenvalue weighted by Crippen LogP contribution is -2.39. The average molecular weight is 291 g/mol. The minimum Gasteiger partial charge on any atom is -0.382 e. The molecule has 1 aromatic carbocycles. The molecule has 1 fully saturated rings. The summed E-state index contributed by atoms with van der Waals surface area (Å²) in [5.41, 5.74) is 0.411. The van der Waals surface area contributed by atoms with Gasteiger partial charge in [-0.25, -0.2) is 4.39 Å². The highest BCUT2D eigenvalue weighted by Gasteiger charge is 2.30. The fourth-order valence-electron chi connectivity index (χ4n) is 2.30. The zero-order valence-electron chi connectivity index (χ0n) is 11.9. The molecule has 1 aromatic rings. The highest BCUT2D eigenvalue weighted by Crippen LogP contribution is 2.20. The molecule has 0 unspecified atom stereocenters. The summed E-state index contributed by atoms with van der Waals surface area (Å²) in [6, 6.07) is 6.22. The van der Waals surface area contributed by atoms with Crippen molar-refractivity contribution in [2.24, 2.45) is 5.92 Å². The molecule has 2 atom stereocenters. The van der Waals surface area contributed by atoms with E-state index in [9.17, 15) is 9.18 Å².